The van der Waals surface area contributed by atoms with Crippen molar-refractivity contribution >= 4 is 23.8 Å². The molecule has 0 bridgehead atoms. The molecule has 0 fully saturated rings. The number of hydrogen-bond acceptors (Lipinski definition) is 5. The Balaban J connectivity index is 2.22. The van der Waals surface area contributed by atoms with Gasteiger partial charge in [-0.3, -0.25) is 5.10 Å². The second-order valence-electron chi connectivity index (χ2n) is 4.66. The van der Waals surface area contributed by atoms with Crippen molar-refractivity contribution in [2.45, 2.75) is 26.3 Å². The predicted octanol–water partition coefficient (Wildman–Crippen LogP) is 3.31. The summed E-state index contributed by atoms with van der Waals surface area (Å²) in [4.78, 5) is 0. The van der Waals surface area contributed by atoms with Gasteiger partial charge in [0, 0.05) is 17.5 Å². The summed E-state index contributed by atoms with van der Waals surface area (Å²) < 4.78 is 12.8. The first-order valence-electron chi connectivity index (χ1n) is 6.91. The zero-order valence-corrected chi connectivity index (χ0v) is 14.3. The molecule has 2 aromatic rings. The maximum Gasteiger partial charge on any atom is 0.214 e. The molecule has 0 unspecified atom stereocenters. The van der Waals surface area contributed by atoms with E-state index in [4.69, 9.17) is 33.3 Å². The maximum absolute atomic E-state index is 6.28. The van der Waals surface area contributed by atoms with E-state index in [2.05, 4.69) is 22.5 Å². The van der Waals surface area contributed by atoms with Crippen LogP contribution < -0.4 is 14.9 Å². The minimum Gasteiger partial charge on any atom is -0.493 e. The van der Waals surface area contributed by atoms with E-state index < -0.39 is 0 Å². The van der Waals surface area contributed by atoms with Crippen molar-refractivity contribution in [1.82, 2.24) is 14.9 Å². The van der Waals surface area contributed by atoms with Crippen molar-refractivity contribution in [2.24, 2.45) is 0 Å². The van der Waals surface area contributed by atoms with Crippen LogP contribution in [0.3, 0.4) is 0 Å². The van der Waals surface area contributed by atoms with Gasteiger partial charge in [-0.15, -0.1) is 0 Å². The van der Waals surface area contributed by atoms with Crippen molar-refractivity contribution in [3.05, 3.63) is 33.3 Å². The van der Waals surface area contributed by atoms with Crippen molar-refractivity contribution in [1.29, 1.82) is 0 Å². The number of aromatic nitrogens is 3. The number of methoxy groups -OCH3 is 2. The second kappa shape index (κ2) is 7.51. The quantitative estimate of drug-likeness (QED) is 0.756. The van der Waals surface area contributed by atoms with Gasteiger partial charge in [0.1, 0.15) is 0 Å². The van der Waals surface area contributed by atoms with Crippen LogP contribution in [0.2, 0.25) is 5.02 Å². The van der Waals surface area contributed by atoms with Gasteiger partial charge in [-0.05, 0) is 30.3 Å². The van der Waals surface area contributed by atoms with E-state index in [0.29, 0.717) is 27.8 Å². The van der Waals surface area contributed by atoms with Crippen LogP contribution in [-0.2, 0) is 13.0 Å². The first kappa shape index (κ1) is 16.6. The third-order valence-corrected chi connectivity index (χ3v) is 3.82. The minimum atomic E-state index is 0.490. The number of halogens is 1. The summed E-state index contributed by atoms with van der Waals surface area (Å²) in [6.07, 6.45) is 1.82. The molecule has 0 aliphatic heterocycles. The Labute approximate surface area is 139 Å². The lowest BCUT2D eigenvalue weighted by atomic mass is 10.2. The fourth-order valence-corrected chi connectivity index (χ4v) is 2.52. The summed E-state index contributed by atoms with van der Waals surface area (Å²) in [5.41, 5.74) is 4.11. The highest BCUT2D eigenvalue weighted by atomic mass is 35.5. The average Bonchev–Trinajstić information content (AvgIpc) is 2.86. The molecule has 2 rings (SSSR count). The Kier molecular flexibility index (Phi) is 5.68. The monoisotopic (exact) mass is 342 g/mol. The number of nitrogens with one attached hydrogen (secondary N) is 2. The van der Waals surface area contributed by atoms with Gasteiger partial charge in [0.15, 0.2) is 17.3 Å². The summed E-state index contributed by atoms with van der Waals surface area (Å²) >= 11 is 11.5. The highest BCUT2D eigenvalue weighted by Gasteiger charge is 2.11. The third-order valence-electron chi connectivity index (χ3n) is 3.20. The van der Waals surface area contributed by atoms with Gasteiger partial charge in [0.25, 0.3) is 0 Å². The molecule has 0 atom stereocenters. The number of hydrogen-bond donors (Lipinski definition) is 2. The maximum atomic E-state index is 6.28. The molecule has 0 saturated carbocycles. The standard InChI is InChI=1S/C14H19ClN4O2S/c1-4-5-13-17-18-14(22)19(13)16-8-9-6-11(20-2)12(21-3)7-10(9)15/h6-7,16H,4-5,8H2,1-3H3,(H,18,22). The SMILES string of the molecule is CCCc1n[nH]c(=S)n1NCc1cc(OC)c(OC)cc1Cl. The van der Waals surface area contributed by atoms with Crippen LogP contribution in [0.4, 0.5) is 0 Å². The van der Waals surface area contributed by atoms with Gasteiger partial charge in [0.05, 0.1) is 20.8 Å². The first-order chi connectivity index (χ1) is 10.6. The van der Waals surface area contributed by atoms with E-state index >= 15 is 0 Å². The van der Waals surface area contributed by atoms with Gasteiger partial charge >= 0.3 is 0 Å². The van der Waals surface area contributed by atoms with Gasteiger partial charge in [0.2, 0.25) is 4.77 Å². The zero-order valence-electron chi connectivity index (χ0n) is 12.8. The second-order valence-corrected chi connectivity index (χ2v) is 5.46. The van der Waals surface area contributed by atoms with E-state index in [0.717, 1.165) is 24.2 Å². The molecule has 1 aromatic heterocycles. The molecule has 8 heteroatoms. The summed E-state index contributed by atoms with van der Waals surface area (Å²) in [6, 6.07) is 3.58. The van der Waals surface area contributed by atoms with Crippen LogP contribution in [-0.4, -0.2) is 29.1 Å². The molecule has 0 spiro atoms. The summed E-state index contributed by atoms with van der Waals surface area (Å²) in [5, 5.41) is 7.59. The average molecular weight is 343 g/mol. The van der Waals surface area contributed by atoms with E-state index in [9.17, 15) is 0 Å². The van der Waals surface area contributed by atoms with Crippen LogP contribution in [0.15, 0.2) is 12.1 Å². The van der Waals surface area contributed by atoms with Gasteiger partial charge in [-0.25, -0.2) is 4.68 Å². The van der Waals surface area contributed by atoms with Gasteiger partial charge in [-0.2, -0.15) is 5.10 Å². The highest BCUT2D eigenvalue weighted by Crippen LogP contribution is 2.33. The lowest BCUT2D eigenvalue weighted by molar-refractivity contribution is 0.354. The number of nitrogens with zero attached hydrogens (tertiary/aromatic N) is 2. The Morgan fingerprint density at radius 2 is 2.00 bits per heavy atom. The van der Waals surface area contributed by atoms with Crippen LogP contribution in [0.1, 0.15) is 24.7 Å². The summed E-state index contributed by atoms with van der Waals surface area (Å²) in [5.74, 6) is 2.10. The zero-order chi connectivity index (χ0) is 16.1. The van der Waals surface area contributed by atoms with Crippen LogP contribution >= 0.6 is 23.8 Å². The number of H-pyrrole nitrogens is 1. The number of ether oxygens (including phenoxy) is 2. The molecule has 2 N–H and O–H groups in total. The smallest absolute Gasteiger partial charge is 0.214 e. The molecule has 1 heterocycles. The Morgan fingerprint density at radius 1 is 1.32 bits per heavy atom. The van der Waals surface area contributed by atoms with Crippen molar-refractivity contribution < 1.29 is 9.47 Å². The molecule has 0 radical (unpaired) electrons. The molecule has 0 aliphatic rings. The Morgan fingerprint density at radius 3 is 2.64 bits per heavy atom. The third kappa shape index (κ3) is 3.53. The fraction of sp³-hybridized carbons (Fsp3) is 0.429. The number of benzene rings is 1. The predicted molar refractivity (Wildman–Crippen MR) is 89.0 cm³/mol. The number of aromatic amines is 1. The van der Waals surface area contributed by atoms with E-state index in [1.54, 1.807) is 25.0 Å². The lowest BCUT2D eigenvalue weighted by Crippen LogP contribution is -2.18. The largest absolute Gasteiger partial charge is 0.493 e. The molecular formula is C14H19ClN4O2S. The molecule has 0 amide bonds. The normalized spacial score (nSPS) is 10.5. The van der Waals surface area contributed by atoms with E-state index in [1.807, 2.05) is 6.07 Å². The summed E-state index contributed by atoms with van der Waals surface area (Å²) in [6.45, 7) is 2.58. The molecule has 0 aliphatic carbocycles. The topological polar surface area (TPSA) is 64.1 Å². The Bertz CT molecular complexity index is 699. The number of aryl methyl sites for hydroxylation is 1. The molecule has 6 nitrogen and oxygen atoms in total. The molecular weight excluding hydrogens is 324 g/mol. The Hall–Kier alpha value is -1.73. The number of rotatable bonds is 7. The fourth-order valence-electron chi connectivity index (χ4n) is 2.08. The van der Waals surface area contributed by atoms with E-state index in [1.165, 1.54) is 0 Å². The van der Waals surface area contributed by atoms with Crippen molar-refractivity contribution in [2.75, 3.05) is 19.6 Å². The highest BCUT2D eigenvalue weighted by molar-refractivity contribution is 7.71. The molecule has 1 aromatic carbocycles. The minimum absolute atomic E-state index is 0.490. The molecule has 0 saturated heterocycles. The van der Waals surface area contributed by atoms with E-state index in [-0.39, 0.29) is 0 Å². The molecule has 120 valence electrons. The van der Waals surface area contributed by atoms with Crippen LogP contribution in [0.25, 0.3) is 0 Å². The van der Waals surface area contributed by atoms with Crippen molar-refractivity contribution in [3.8, 4) is 11.5 Å². The van der Waals surface area contributed by atoms with Crippen LogP contribution in [0.5, 0.6) is 11.5 Å². The van der Waals surface area contributed by atoms with Crippen molar-refractivity contribution in [3.63, 3.8) is 0 Å². The molecule has 22 heavy (non-hydrogen) atoms. The summed E-state index contributed by atoms with van der Waals surface area (Å²) in [7, 11) is 3.17. The lowest BCUT2D eigenvalue weighted by Gasteiger charge is -2.14. The first-order valence-corrected chi connectivity index (χ1v) is 7.69. The van der Waals surface area contributed by atoms with Gasteiger partial charge < -0.3 is 14.9 Å². The van der Waals surface area contributed by atoms with Gasteiger partial charge in [-0.1, -0.05) is 18.5 Å². The van der Waals surface area contributed by atoms with Crippen LogP contribution in [0, 0.1) is 4.77 Å².